The lowest BCUT2D eigenvalue weighted by Gasteiger charge is -2.19. The molecule has 15 heavy (non-hydrogen) atoms. The number of carbonyl (C=O) groups is 2. The van der Waals surface area contributed by atoms with Crippen LogP contribution in [-0.4, -0.2) is 41.8 Å². The molecule has 1 aliphatic heterocycles. The summed E-state index contributed by atoms with van der Waals surface area (Å²) in [6.07, 6.45) is 1.47. The van der Waals surface area contributed by atoms with Crippen molar-refractivity contribution in [2.24, 2.45) is 5.41 Å². The van der Waals surface area contributed by atoms with Gasteiger partial charge in [-0.1, -0.05) is 12.7 Å². The number of ether oxygens (including phenoxy) is 1. The van der Waals surface area contributed by atoms with Gasteiger partial charge in [-0.3, -0.25) is 4.79 Å². The highest BCUT2D eigenvalue weighted by molar-refractivity contribution is 5.77. The number of carbonyl (C=O) groups excluding carboxylic acids is 1. The van der Waals surface area contributed by atoms with Gasteiger partial charge >= 0.3 is 12.1 Å². The second-order valence-corrected chi connectivity index (χ2v) is 3.90. The third-order valence-electron chi connectivity index (χ3n) is 2.57. The van der Waals surface area contributed by atoms with E-state index in [0.717, 1.165) is 0 Å². The number of aliphatic carboxylic acids is 1. The molecular weight excluding hydrogens is 198 g/mol. The fraction of sp³-hybridized carbons (Fsp3) is 0.600. The van der Waals surface area contributed by atoms with E-state index in [1.807, 2.05) is 0 Å². The van der Waals surface area contributed by atoms with Gasteiger partial charge in [0.1, 0.15) is 6.61 Å². The number of hydrogen-bond acceptors (Lipinski definition) is 3. The molecule has 5 nitrogen and oxygen atoms in total. The minimum Gasteiger partial charge on any atom is -0.481 e. The lowest BCUT2D eigenvalue weighted by molar-refractivity contribution is -0.147. The Hall–Kier alpha value is -1.52. The maximum Gasteiger partial charge on any atom is 0.410 e. The summed E-state index contributed by atoms with van der Waals surface area (Å²) in [5.41, 5.74) is -0.840. The number of hydrogen-bond donors (Lipinski definition) is 1. The van der Waals surface area contributed by atoms with Gasteiger partial charge in [0.15, 0.2) is 0 Å². The van der Waals surface area contributed by atoms with Crippen molar-refractivity contribution in [1.82, 2.24) is 4.90 Å². The summed E-state index contributed by atoms with van der Waals surface area (Å²) in [5.74, 6) is -0.874. The summed E-state index contributed by atoms with van der Waals surface area (Å²) in [6, 6.07) is 0. The van der Waals surface area contributed by atoms with Crippen molar-refractivity contribution in [3.8, 4) is 0 Å². The van der Waals surface area contributed by atoms with E-state index in [2.05, 4.69) is 6.58 Å². The molecule has 0 spiro atoms. The molecule has 1 heterocycles. The van der Waals surface area contributed by atoms with Gasteiger partial charge < -0.3 is 14.7 Å². The van der Waals surface area contributed by atoms with Crippen LogP contribution in [-0.2, 0) is 9.53 Å². The summed E-state index contributed by atoms with van der Waals surface area (Å²) >= 11 is 0. The molecule has 0 saturated carbocycles. The molecule has 0 aromatic rings. The zero-order valence-electron chi connectivity index (χ0n) is 8.73. The minimum absolute atomic E-state index is 0.152. The number of carboxylic acid groups (broad SMARTS) is 1. The molecule has 1 N–H and O–H groups in total. The Morgan fingerprint density at radius 3 is 2.80 bits per heavy atom. The van der Waals surface area contributed by atoms with Crippen molar-refractivity contribution in [3.05, 3.63) is 12.7 Å². The second kappa shape index (κ2) is 4.33. The third kappa shape index (κ3) is 2.49. The highest BCUT2D eigenvalue weighted by Gasteiger charge is 2.42. The first-order chi connectivity index (χ1) is 6.99. The van der Waals surface area contributed by atoms with Crippen LogP contribution in [0.1, 0.15) is 13.3 Å². The van der Waals surface area contributed by atoms with Crippen molar-refractivity contribution in [2.45, 2.75) is 13.3 Å². The van der Waals surface area contributed by atoms with E-state index in [9.17, 15) is 9.59 Å². The zero-order valence-corrected chi connectivity index (χ0v) is 8.73. The van der Waals surface area contributed by atoms with Crippen LogP contribution in [0.5, 0.6) is 0 Å². The van der Waals surface area contributed by atoms with Gasteiger partial charge in [-0.05, 0) is 13.3 Å². The fourth-order valence-electron chi connectivity index (χ4n) is 1.51. The van der Waals surface area contributed by atoms with Crippen LogP contribution in [0.2, 0.25) is 0 Å². The van der Waals surface area contributed by atoms with Crippen molar-refractivity contribution >= 4 is 12.1 Å². The van der Waals surface area contributed by atoms with Crippen molar-refractivity contribution in [1.29, 1.82) is 0 Å². The van der Waals surface area contributed by atoms with Crippen molar-refractivity contribution < 1.29 is 19.4 Å². The smallest absolute Gasteiger partial charge is 0.410 e. The van der Waals surface area contributed by atoms with Crippen LogP contribution < -0.4 is 0 Å². The summed E-state index contributed by atoms with van der Waals surface area (Å²) in [7, 11) is 0. The topological polar surface area (TPSA) is 66.8 Å². The normalized spacial score (nSPS) is 25.0. The molecule has 0 aliphatic carbocycles. The molecule has 1 rings (SSSR count). The lowest BCUT2D eigenvalue weighted by atomic mass is 9.90. The largest absolute Gasteiger partial charge is 0.481 e. The van der Waals surface area contributed by atoms with Crippen molar-refractivity contribution in [3.63, 3.8) is 0 Å². The maximum atomic E-state index is 11.4. The quantitative estimate of drug-likeness (QED) is 0.713. The highest BCUT2D eigenvalue weighted by atomic mass is 16.6. The number of likely N-dealkylation sites (tertiary alicyclic amines) is 1. The van der Waals surface area contributed by atoms with E-state index >= 15 is 0 Å². The molecule has 0 unspecified atom stereocenters. The number of nitrogens with zero attached hydrogens (tertiary/aromatic N) is 1. The maximum absolute atomic E-state index is 11.4. The highest BCUT2D eigenvalue weighted by Crippen LogP contribution is 2.30. The number of amides is 1. The SMILES string of the molecule is C=CCOC(=O)N1CC[C@](C)(C(=O)O)C1. The second-order valence-electron chi connectivity index (χ2n) is 3.90. The summed E-state index contributed by atoms with van der Waals surface area (Å²) in [6.45, 7) is 5.85. The molecule has 1 aliphatic rings. The molecule has 1 amide bonds. The number of rotatable bonds is 3. The average molecular weight is 213 g/mol. The van der Waals surface area contributed by atoms with Crippen LogP contribution in [0, 0.1) is 5.41 Å². The Balaban J connectivity index is 2.52. The Morgan fingerprint density at radius 2 is 2.33 bits per heavy atom. The summed E-state index contributed by atoms with van der Waals surface area (Å²) in [4.78, 5) is 23.7. The first kappa shape index (κ1) is 11.6. The summed E-state index contributed by atoms with van der Waals surface area (Å²) in [5, 5.41) is 8.95. The predicted molar refractivity (Wildman–Crippen MR) is 53.5 cm³/mol. The summed E-state index contributed by atoms with van der Waals surface area (Å²) < 4.78 is 4.82. The third-order valence-corrected chi connectivity index (χ3v) is 2.57. The zero-order chi connectivity index (χ0) is 11.5. The van der Waals surface area contributed by atoms with E-state index in [1.165, 1.54) is 11.0 Å². The first-order valence-electron chi connectivity index (χ1n) is 4.75. The van der Waals surface area contributed by atoms with Gasteiger partial charge in [0.05, 0.1) is 5.41 Å². The Bertz CT molecular complexity index is 289. The Kier molecular flexibility index (Phi) is 3.34. The van der Waals surface area contributed by atoms with Gasteiger partial charge in [-0.25, -0.2) is 4.79 Å². The molecule has 0 radical (unpaired) electrons. The minimum atomic E-state index is -0.874. The molecule has 1 atom stereocenters. The number of carboxylic acids is 1. The monoisotopic (exact) mass is 213 g/mol. The van der Waals surface area contributed by atoms with Crippen LogP contribution >= 0.6 is 0 Å². The predicted octanol–water partition coefficient (Wildman–Crippen LogP) is 1.11. The first-order valence-corrected chi connectivity index (χ1v) is 4.75. The van der Waals surface area contributed by atoms with Crippen molar-refractivity contribution in [2.75, 3.05) is 19.7 Å². The molecule has 1 saturated heterocycles. The van der Waals surface area contributed by atoms with E-state index in [1.54, 1.807) is 6.92 Å². The van der Waals surface area contributed by atoms with Crippen LogP contribution in [0.15, 0.2) is 12.7 Å². The van der Waals surface area contributed by atoms with Gasteiger partial charge in [0.2, 0.25) is 0 Å². The van der Waals surface area contributed by atoms with Crippen LogP contribution in [0.25, 0.3) is 0 Å². The Morgan fingerprint density at radius 1 is 1.67 bits per heavy atom. The van der Waals surface area contributed by atoms with Crippen LogP contribution in [0.4, 0.5) is 4.79 Å². The molecule has 84 valence electrons. The van der Waals surface area contributed by atoms with E-state index in [4.69, 9.17) is 9.84 Å². The average Bonchev–Trinajstić information content (AvgIpc) is 2.59. The van der Waals surface area contributed by atoms with E-state index in [0.29, 0.717) is 13.0 Å². The molecule has 0 bridgehead atoms. The van der Waals surface area contributed by atoms with Gasteiger partial charge in [0, 0.05) is 13.1 Å². The fourth-order valence-corrected chi connectivity index (χ4v) is 1.51. The molecule has 5 heteroatoms. The van der Waals surface area contributed by atoms with E-state index in [-0.39, 0.29) is 13.2 Å². The molecular formula is C10H15NO4. The van der Waals surface area contributed by atoms with Gasteiger partial charge in [0.25, 0.3) is 0 Å². The molecule has 0 aromatic carbocycles. The Labute approximate surface area is 88.3 Å². The standard InChI is InChI=1S/C10H15NO4/c1-3-6-15-9(14)11-5-4-10(2,7-11)8(12)13/h3H,1,4-7H2,2H3,(H,12,13)/t10-/m0/s1. The molecule has 1 fully saturated rings. The molecule has 0 aromatic heterocycles. The van der Waals surface area contributed by atoms with Crippen LogP contribution in [0.3, 0.4) is 0 Å². The van der Waals surface area contributed by atoms with Gasteiger partial charge in [-0.15, -0.1) is 0 Å². The van der Waals surface area contributed by atoms with Gasteiger partial charge in [-0.2, -0.15) is 0 Å². The lowest BCUT2D eigenvalue weighted by Crippen LogP contribution is -2.35. The van der Waals surface area contributed by atoms with E-state index < -0.39 is 17.5 Å².